The lowest BCUT2D eigenvalue weighted by molar-refractivity contribution is -0.104. The quantitative estimate of drug-likeness (QED) is 0.554. The molecular weight excluding hydrogens is 176 g/mol. The Morgan fingerprint density at radius 2 is 2.07 bits per heavy atom. The number of aldehydes is 1. The van der Waals surface area contributed by atoms with Crippen molar-refractivity contribution in [2.75, 3.05) is 0 Å². The molecule has 0 aliphatic heterocycles. The second-order valence-electron chi connectivity index (χ2n) is 4.27. The van der Waals surface area contributed by atoms with Gasteiger partial charge in [0.25, 0.3) is 0 Å². The number of rotatable bonds is 4. The second kappa shape index (κ2) is 5.97. The van der Waals surface area contributed by atoms with Gasteiger partial charge in [0.2, 0.25) is 0 Å². The molecule has 1 N–H and O–H groups in total. The summed E-state index contributed by atoms with van der Waals surface area (Å²) in [7, 11) is 0. The van der Waals surface area contributed by atoms with Crippen molar-refractivity contribution in [3.63, 3.8) is 0 Å². The van der Waals surface area contributed by atoms with E-state index in [9.17, 15) is 9.90 Å². The fourth-order valence-electron chi connectivity index (χ4n) is 2.07. The third-order valence-corrected chi connectivity index (χ3v) is 3.06. The first-order chi connectivity index (χ1) is 6.74. The van der Waals surface area contributed by atoms with Crippen LogP contribution in [0.3, 0.4) is 0 Å². The van der Waals surface area contributed by atoms with Crippen molar-refractivity contribution in [3.05, 3.63) is 11.6 Å². The molecule has 2 nitrogen and oxygen atoms in total. The van der Waals surface area contributed by atoms with Crippen LogP contribution >= 0.6 is 0 Å². The van der Waals surface area contributed by atoms with Crippen LogP contribution in [0, 0.1) is 5.92 Å². The van der Waals surface area contributed by atoms with Gasteiger partial charge in [-0.3, -0.25) is 4.79 Å². The molecule has 1 atom stereocenters. The zero-order valence-electron chi connectivity index (χ0n) is 8.91. The Bertz CT molecular complexity index is 202. The highest BCUT2D eigenvalue weighted by Gasteiger charge is 2.20. The molecule has 1 rings (SSSR count). The van der Waals surface area contributed by atoms with E-state index in [1.807, 2.05) is 6.08 Å². The summed E-state index contributed by atoms with van der Waals surface area (Å²) in [5, 5.41) is 9.86. The van der Waals surface area contributed by atoms with E-state index >= 15 is 0 Å². The van der Waals surface area contributed by atoms with Gasteiger partial charge in [0.1, 0.15) is 6.29 Å². The van der Waals surface area contributed by atoms with Crippen molar-refractivity contribution in [1.29, 1.82) is 0 Å². The molecule has 14 heavy (non-hydrogen) atoms. The van der Waals surface area contributed by atoms with Crippen molar-refractivity contribution in [1.82, 2.24) is 0 Å². The summed E-state index contributed by atoms with van der Waals surface area (Å²) >= 11 is 0. The molecule has 0 aromatic heterocycles. The maximum atomic E-state index is 10.3. The van der Waals surface area contributed by atoms with Crippen LogP contribution in [0.15, 0.2) is 11.6 Å². The highest BCUT2D eigenvalue weighted by Crippen LogP contribution is 2.27. The zero-order chi connectivity index (χ0) is 10.4. The molecule has 0 aromatic rings. The number of carbonyl (C=O) groups excluding carboxylic acids is 1. The minimum Gasteiger partial charge on any atom is -0.393 e. The first-order valence-corrected chi connectivity index (χ1v) is 5.54. The first kappa shape index (κ1) is 11.4. The largest absolute Gasteiger partial charge is 0.393 e. The van der Waals surface area contributed by atoms with Gasteiger partial charge < -0.3 is 5.11 Å². The molecular formula is C12H20O2. The van der Waals surface area contributed by atoms with Crippen molar-refractivity contribution in [3.8, 4) is 0 Å². The van der Waals surface area contributed by atoms with E-state index in [2.05, 4.69) is 0 Å². The Labute approximate surface area is 86.0 Å². The fourth-order valence-corrected chi connectivity index (χ4v) is 2.07. The number of hydrogen-bond acceptors (Lipinski definition) is 2. The van der Waals surface area contributed by atoms with Crippen LogP contribution in [0.4, 0.5) is 0 Å². The van der Waals surface area contributed by atoms with E-state index in [4.69, 9.17) is 0 Å². The third-order valence-electron chi connectivity index (χ3n) is 3.06. The number of aliphatic hydroxyl groups excluding tert-OH is 1. The number of carbonyl (C=O) groups is 1. The predicted molar refractivity (Wildman–Crippen MR) is 57.0 cm³/mol. The van der Waals surface area contributed by atoms with Gasteiger partial charge in [0.05, 0.1) is 6.10 Å². The number of allylic oxidation sites excluding steroid dienone is 1. The summed E-state index contributed by atoms with van der Waals surface area (Å²) in [4.78, 5) is 10.3. The molecule has 1 unspecified atom stereocenters. The maximum Gasteiger partial charge on any atom is 0.145 e. The van der Waals surface area contributed by atoms with Crippen LogP contribution in [0.1, 0.15) is 45.4 Å². The highest BCUT2D eigenvalue weighted by atomic mass is 16.3. The summed E-state index contributed by atoms with van der Waals surface area (Å²) in [5.41, 5.74) is 0.722. The predicted octanol–water partition coefficient (Wildman–Crippen LogP) is 2.46. The average molecular weight is 196 g/mol. The van der Waals surface area contributed by atoms with Gasteiger partial charge in [0.15, 0.2) is 0 Å². The molecule has 0 heterocycles. The molecule has 0 spiro atoms. The second-order valence-corrected chi connectivity index (χ2v) is 4.27. The molecule has 1 fully saturated rings. The summed E-state index contributed by atoms with van der Waals surface area (Å²) in [6.45, 7) is 1.78. The SMILES string of the molecule is C/C(C=O)=C\CC(O)C1CCCCC1. The molecule has 0 saturated heterocycles. The maximum absolute atomic E-state index is 10.3. The van der Waals surface area contributed by atoms with Crippen molar-refractivity contribution < 1.29 is 9.90 Å². The summed E-state index contributed by atoms with van der Waals surface area (Å²) in [5.74, 6) is 0.458. The number of aliphatic hydroxyl groups is 1. The monoisotopic (exact) mass is 196 g/mol. The summed E-state index contributed by atoms with van der Waals surface area (Å²) in [6.07, 6.45) is 9.17. The van der Waals surface area contributed by atoms with Gasteiger partial charge in [-0.1, -0.05) is 25.3 Å². The van der Waals surface area contributed by atoms with Crippen LogP contribution in [-0.2, 0) is 4.79 Å². The molecule has 1 aliphatic rings. The lowest BCUT2D eigenvalue weighted by Crippen LogP contribution is -2.22. The molecule has 0 bridgehead atoms. The fraction of sp³-hybridized carbons (Fsp3) is 0.750. The smallest absolute Gasteiger partial charge is 0.145 e. The van der Waals surface area contributed by atoms with Gasteiger partial charge in [0, 0.05) is 0 Å². The van der Waals surface area contributed by atoms with Gasteiger partial charge in [-0.25, -0.2) is 0 Å². The van der Waals surface area contributed by atoms with Gasteiger partial charge in [-0.2, -0.15) is 0 Å². The van der Waals surface area contributed by atoms with E-state index in [0.717, 1.165) is 24.7 Å². The third kappa shape index (κ3) is 3.62. The van der Waals surface area contributed by atoms with E-state index in [0.29, 0.717) is 12.3 Å². The molecule has 0 aromatic carbocycles. The van der Waals surface area contributed by atoms with Crippen LogP contribution < -0.4 is 0 Å². The summed E-state index contributed by atoms with van der Waals surface area (Å²) < 4.78 is 0. The lowest BCUT2D eigenvalue weighted by Gasteiger charge is -2.25. The van der Waals surface area contributed by atoms with Crippen molar-refractivity contribution in [2.24, 2.45) is 5.92 Å². The van der Waals surface area contributed by atoms with Gasteiger partial charge >= 0.3 is 0 Å². The first-order valence-electron chi connectivity index (χ1n) is 5.54. The Morgan fingerprint density at radius 1 is 1.43 bits per heavy atom. The van der Waals surface area contributed by atoms with Crippen molar-refractivity contribution in [2.45, 2.75) is 51.6 Å². The van der Waals surface area contributed by atoms with Crippen LogP contribution in [0.25, 0.3) is 0 Å². The minimum atomic E-state index is -0.245. The molecule has 1 saturated carbocycles. The van der Waals surface area contributed by atoms with Gasteiger partial charge in [-0.15, -0.1) is 0 Å². The van der Waals surface area contributed by atoms with E-state index in [1.54, 1.807) is 6.92 Å². The standard InChI is InChI=1S/C12H20O2/c1-10(9-13)7-8-12(14)11-5-3-2-4-6-11/h7,9,11-12,14H,2-6,8H2,1H3/b10-7+. The Kier molecular flexibility index (Phi) is 4.88. The van der Waals surface area contributed by atoms with E-state index in [1.165, 1.54) is 19.3 Å². The van der Waals surface area contributed by atoms with Crippen LogP contribution in [0.5, 0.6) is 0 Å². The zero-order valence-corrected chi connectivity index (χ0v) is 8.91. The minimum absolute atomic E-state index is 0.245. The Morgan fingerprint density at radius 3 is 2.64 bits per heavy atom. The van der Waals surface area contributed by atoms with E-state index in [-0.39, 0.29) is 6.10 Å². The molecule has 1 aliphatic carbocycles. The topological polar surface area (TPSA) is 37.3 Å². The van der Waals surface area contributed by atoms with E-state index < -0.39 is 0 Å². The van der Waals surface area contributed by atoms with Crippen LogP contribution in [0.2, 0.25) is 0 Å². The Hall–Kier alpha value is -0.630. The molecule has 0 radical (unpaired) electrons. The molecule has 2 heteroatoms. The normalized spacial score (nSPS) is 22.0. The van der Waals surface area contributed by atoms with Crippen molar-refractivity contribution >= 4 is 6.29 Å². The van der Waals surface area contributed by atoms with Gasteiger partial charge in [-0.05, 0) is 37.7 Å². The van der Waals surface area contributed by atoms with Crippen LogP contribution in [-0.4, -0.2) is 17.5 Å². The lowest BCUT2D eigenvalue weighted by atomic mass is 9.84. The summed E-state index contributed by atoms with van der Waals surface area (Å²) in [6, 6.07) is 0. The molecule has 80 valence electrons. The highest BCUT2D eigenvalue weighted by molar-refractivity contribution is 5.71. The Balaban J connectivity index is 2.32. The average Bonchev–Trinajstić information content (AvgIpc) is 2.26. The molecule has 0 amide bonds. The number of hydrogen-bond donors (Lipinski definition) is 1.